The van der Waals surface area contributed by atoms with Crippen molar-refractivity contribution >= 4 is 34.7 Å². The molecule has 0 fully saturated rings. The first-order valence-electron chi connectivity index (χ1n) is 9.32. The van der Waals surface area contributed by atoms with Gasteiger partial charge in [0.15, 0.2) is 5.78 Å². The number of halogens is 2. The van der Waals surface area contributed by atoms with Crippen molar-refractivity contribution in [3.8, 4) is 17.2 Å². The Bertz CT molecular complexity index is 983. The molecule has 30 heavy (non-hydrogen) atoms. The number of likely N-dealkylation sites (N-methyl/N-ethyl adjacent to an activating group) is 1. The second-order valence-corrected chi connectivity index (χ2v) is 7.53. The van der Waals surface area contributed by atoms with Gasteiger partial charge in [0.05, 0.1) is 6.54 Å². The lowest BCUT2D eigenvalue weighted by Gasteiger charge is -2.19. The van der Waals surface area contributed by atoms with E-state index in [0.717, 1.165) is 5.69 Å². The van der Waals surface area contributed by atoms with E-state index in [1.807, 2.05) is 90.8 Å². The summed E-state index contributed by atoms with van der Waals surface area (Å²) in [6.07, 6.45) is 1.57. The fraction of sp³-hybridized carbons (Fsp3) is 0.125. The van der Waals surface area contributed by atoms with Crippen molar-refractivity contribution in [1.29, 1.82) is 0 Å². The van der Waals surface area contributed by atoms with Gasteiger partial charge in [-0.05, 0) is 54.6 Å². The van der Waals surface area contributed by atoms with Crippen molar-refractivity contribution in [3.63, 3.8) is 0 Å². The van der Waals surface area contributed by atoms with Crippen LogP contribution in [0.3, 0.4) is 0 Å². The van der Waals surface area contributed by atoms with Crippen LogP contribution in [0.1, 0.15) is 10.4 Å². The molecule has 0 aliphatic carbocycles. The monoisotopic (exact) mass is 441 g/mol. The molecule has 3 rings (SSSR count). The number of rotatable bonds is 9. The first kappa shape index (κ1) is 21.8. The molecule has 3 aromatic carbocycles. The summed E-state index contributed by atoms with van der Waals surface area (Å²) in [6.45, 7) is 0.597. The maximum atomic E-state index is 12.4. The van der Waals surface area contributed by atoms with Crippen LogP contribution in [-0.4, -0.2) is 26.0 Å². The molecule has 0 atom stereocenters. The van der Waals surface area contributed by atoms with Crippen LogP contribution in [0, 0.1) is 0 Å². The standard InChI is InChI=1S/C24H21Cl2NO3/c1-27(17-23(28)18-5-3-2-4-6-18)19-7-9-21(10-8-19)30-22-13-11-20(12-14-22)29-16-15-24(25)26/h2-15H,16-17H2,1H3. The van der Waals surface area contributed by atoms with Gasteiger partial charge in [0.25, 0.3) is 0 Å². The highest BCUT2D eigenvalue weighted by Crippen LogP contribution is 2.26. The van der Waals surface area contributed by atoms with Crippen molar-refractivity contribution < 1.29 is 14.3 Å². The third-order valence-electron chi connectivity index (χ3n) is 4.30. The van der Waals surface area contributed by atoms with Crippen LogP contribution >= 0.6 is 23.2 Å². The van der Waals surface area contributed by atoms with Gasteiger partial charge in [-0.1, -0.05) is 53.5 Å². The summed E-state index contributed by atoms with van der Waals surface area (Å²) in [5.74, 6) is 2.15. The number of benzene rings is 3. The Kier molecular flexibility index (Phi) is 7.77. The molecular formula is C24H21Cl2NO3. The van der Waals surface area contributed by atoms with Gasteiger partial charge < -0.3 is 14.4 Å². The number of anilines is 1. The van der Waals surface area contributed by atoms with Crippen LogP contribution in [-0.2, 0) is 0 Å². The molecule has 0 amide bonds. The highest BCUT2D eigenvalue weighted by atomic mass is 35.5. The quantitative estimate of drug-likeness (QED) is 0.355. The third kappa shape index (κ3) is 6.55. The predicted octanol–water partition coefficient (Wildman–Crippen LogP) is 6.50. The van der Waals surface area contributed by atoms with E-state index in [1.54, 1.807) is 6.08 Å². The lowest BCUT2D eigenvalue weighted by Crippen LogP contribution is -2.25. The Morgan fingerprint density at radius 2 is 1.43 bits per heavy atom. The fourth-order valence-electron chi connectivity index (χ4n) is 2.73. The van der Waals surface area contributed by atoms with E-state index in [4.69, 9.17) is 32.7 Å². The molecule has 0 aromatic heterocycles. The number of Topliss-reactive ketones (excluding diaryl/α,β-unsaturated/α-hetero) is 1. The van der Waals surface area contributed by atoms with E-state index < -0.39 is 0 Å². The molecule has 0 heterocycles. The second-order valence-electron chi connectivity index (χ2n) is 6.52. The van der Waals surface area contributed by atoms with Crippen molar-refractivity contribution in [1.82, 2.24) is 0 Å². The zero-order chi connectivity index (χ0) is 21.3. The van der Waals surface area contributed by atoms with Crippen molar-refractivity contribution in [3.05, 3.63) is 95.0 Å². The van der Waals surface area contributed by atoms with Crippen LogP contribution in [0.25, 0.3) is 0 Å². The number of hydrogen-bond acceptors (Lipinski definition) is 4. The predicted molar refractivity (Wildman–Crippen MR) is 122 cm³/mol. The Morgan fingerprint density at radius 3 is 2.03 bits per heavy atom. The number of ether oxygens (including phenoxy) is 2. The molecule has 0 saturated heterocycles. The summed E-state index contributed by atoms with van der Waals surface area (Å²) in [4.78, 5) is 14.3. The molecule has 0 unspecified atom stereocenters. The largest absolute Gasteiger partial charge is 0.489 e. The van der Waals surface area contributed by atoms with Gasteiger partial charge in [0, 0.05) is 18.3 Å². The van der Waals surface area contributed by atoms with Crippen molar-refractivity contribution in [2.75, 3.05) is 25.1 Å². The second kappa shape index (κ2) is 10.7. The topological polar surface area (TPSA) is 38.8 Å². The van der Waals surface area contributed by atoms with Gasteiger partial charge >= 0.3 is 0 Å². The van der Waals surface area contributed by atoms with E-state index in [1.165, 1.54) is 0 Å². The van der Waals surface area contributed by atoms with E-state index in [9.17, 15) is 4.79 Å². The minimum Gasteiger partial charge on any atom is -0.489 e. The van der Waals surface area contributed by atoms with Gasteiger partial charge in [-0.15, -0.1) is 0 Å². The number of carbonyl (C=O) groups is 1. The zero-order valence-electron chi connectivity index (χ0n) is 16.4. The molecule has 0 N–H and O–H groups in total. The normalized spacial score (nSPS) is 10.2. The molecule has 0 bridgehead atoms. The summed E-state index contributed by atoms with van der Waals surface area (Å²) in [5.41, 5.74) is 1.64. The van der Waals surface area contributed by atoms with Crippen LogP contribution in [0.2, 0.25) is 0 Å². The molecule has 6 heteroatoms. The van der Waals surface area contributed by atoms with Crippen LogP contribution in [0.4, 0.5) is 5.69 Å². The fourth-order valence-corrected chi connectivity index (χ4v) is 2.86. The lowest BCUT2D eigenvalue weighted by atomic mass is 10.1. The molecule has 4 nitrogen and oxygen atoms in total. The van der Waals surface area contributed by atoms with Gasteiger partial charge in [-0.3, -0.25) is 4.79 Å². The Labute approximate surface area is 186 Å². The van der Waals surface area contributed by atoms with E-state index in [0.29, 0.717) is 36.0 Å². The molecule has 0 spiro atoms. The number of nitrogens with zero attached hydrogens (tertiary/aromatic N) is 1. The Balaban J connectivity index is 1.55. The molecule has 3 aromatic rings. The molecular weight excluding hydrogens is 421 g/mol. The summed E-state index contributed by atoms with van der Waals surface area (Å²) < 4.78 is 11.5. The number of hydrogen-bond donors (Lipinski definition) is 0. The first-order chi connectivity index (χ1) is 14.5. The zero-order valence-corrected chi connectivity index (χ0v) is 17.9. The Hall–Kier alpha value is -2.95. The van der Waals surface area contributed by atoms with Gasteiger partial charge in [0.1, 0.15) is 28.3 Å². The number of ketones is 1. The van der Waals surface area contributed by atoms with Gasteiger partial charge in [-0.25, -0.2) is 0 Å². The summed E-state index contributed by atoms with van der Waals surface area (Å²) in [6, 6.07) is 24.1. The number of carbonyl (C=O) groups excluding carboxylic acids is 1. The van der Waals surface area contributed by atoms with E-state index >= 15 is 0 Å². The molecule has 0 aliphatic rings. The molecule has 0 radical (unpaired) electrons. The summed E-state index contributed by atoms with van der Waals surface area (Å²) in [7, 11) is 1.89. The summed E-state index contributed by atoms with van der Waals surface area (Å²) >= 11 is 11.1. The van der Waals surface area contributed by atoms with E-state index in [2.05, 4.69) is 0 Å². The first-order valence-corrected chi connectivity index (χ1v) is 10.1. The van der Waals surface area contributed by atoms with Gasteiger partial charge in [0.2, 0.25) is 0 Å². The van der Waals surface area contributed by atoms with Gasteiger partial charge in [-0.2, -0.15) is 0 Å². The average molecular weight is 442 g/mol. The van der Waals surface area contributed by atoms with Crippen molar-refractivity contribution in [2.45, 2.75) is 0 Å². The average Bonchev–Trinajstić information content (AvgIpc) is 2.76. The SMILES string of the molecule is CN(CC(=O)c1ccccc1)c1ccc(Oc2ccc(OCC=C(Cl)Cl)cc2)cc1. The van der Waals surface area contributed by atoms with E-state index in [-0.39, 0.29) is 10.3 Å². The summed E-state index contributed by atoms with van der Waals surface area (Å²) in [5, 5.41) is 0. The smallest absolute Gasteiger partial charge is 0.182 e. The Morgan fingerprint density at radius 1 is 0.867 bits per heavy atom. The third-order valence-corrected chi connectivity index (χ3v) is 4.61. The van der Waals surface area contributed by atoms with Crippen LogP contribution in [0.5, 0.6) is 17.2 Å². The van der Waals surface area contributed by atoms with Crippen LogP contribution < -0.4 is 14.4 Å². The van der Waals surface area contributed by atoms with Crippen LogP contribution in [0.15, 0.2) is 89.4 Å². The molecule has 0 saturated carbocycles. The minimum atomic E-state index is 0.0737. The highest BCUT2D eigenvalue weighted by Gasteiger charge is 2.10. The molecule has 154 valence electrons. The maximum absolute atomic E-state index is 12.4. The molecule has 0 aliphatic heterocycles. The minimum absolute atomic E-state index is 0.0737. The maximum Gasteiger partial charge on any atom is 0.182 e. The highest BCUT2D eigenvalue weighted by molar-refractivity contribution is 6.55. The van der Waals surface area contributed by atoms with Crippen molar-refractivity contribution in [2.24, 2.45) is 0 Å². The lowest BCUT2D eigenvalue weighted by molar-refractivity contribution is 0.100.